The summed E-state index contributed by atoms with van der Waals surface area (Å²) in [4.78, 5) is 4.15. The van der Waals surface area contributed by atoms with Gasteiger partial charge in [-0.2, -0.15) is 12.6 Å². The number of nitrogens with one attached hydrogen (secondary N) is 1. The molecule has 0 radical (unpaired) electrons. The van der Waals surface area contributed by atoms with Crippen molar-refractivity contribution in [2.24, 2.45) is 0 Å². The van der Waals surface area contributed by atoms with Gasteiger partial charge in [-0.1, -0.05) is 0 Å². The molecule has 1 rings (SSSR count). The lowest BCUT2D eigenvalue weighted by Gasteiger charge is -1.95. The Hall–Kier alpha value is -0.480. The summed E-state index contributed by atoms with van der Waals surface area (Å²) in [7, 11) is 0. The molecule has 0 aliphatic carbocycles. The molecule has 1 aromatic heterocycles. The molecule has 1 heterocycles. The van der Waals surface area contributed by atoms with E-state index in [1.54, 1.807) is 6.26 Å². The highest BCUT2D eigenvalue weighted by atomic mass is 32.1. The Balaban J connectivity index is 2.27. The third-order valence-electron chi connectivity index (χ3n) is 1.29. The molecular weight excluding hydrogens is 160 g/mol. The quantitative estimate of drug-likeness (QED) is 0.404. The summed E-state index contributed by atoms with van der Waals surface area (Å²) in [5.74, 6) is 1.48. The number of hydrogen-bond acceptors (Lipinski definition) is 4. The summed E-state index contributed by atoms with van der Waals surface area (Å²) in [5, 5.41) is 3.07. The molecule has 3 nitrogen and oxygen atoms in total. The maximum Gasteiger partial charge on any atom is 0.195 e. The monoisotopic (exact) mass is 172 g/mol. The van der Waals surface area contributed by atoms with Crippen LogP contribution in [0.25, 0.3) is 0 Å². The van der Waals surface area contributed by atoms with E-state index in [1.165, 1.54) is 0 Å². The highest BCUT2D eigenvalue weighted by molar-refractivity contribution is 7.80. The molecule has 0 aliphatic rings. The summed E-state index contributed by atoms with van der Waals surface area (Å²) in [6.45, 7) is 2.78. The van der Waals surface area contributed by atoms with Crippen molar-refractivity contribution in [3.05, 3.63) is 17.8 Å². The normalized spacial score (nSPS) is 10.4. The van der Waals surface area contributed by atoms with Gasteiger partial charge in [0.15, 0.2) is 5.89 Å². The van der Waals surface area contributed by atoms with Gasteiger partial charge in [-0.25, -0.2) is 4.98 Å². The molecule has 0 saturated heterocycles. The molecule has 0 atom stereocenters. The van der Waals surface area contributed by atoms with E-state index in [2.05, 4.69) is 22.9 Å². The zero-order valence-electron chi connectivity index (χ0n) is 6.50. The van der Waals surface area contributed by atoms with Gasteiger partial charge < -0.3 is 9.73 Å². The average molecular weight is 172 g/mol. The first-order chi connectivity index (χ1) is 5.33. The van der Waals surface area contributed by atoms with Crippen molar-refractivity contribution < 1.29 is 4.42 Å². The van der Waals surface area contributed by atoms with Gasteiger partial charge in [-0.05, 0) is 6.92 Å². The topological polar surface area (TPSA) is 38.1 Å². The van der Waals surface area contributed by atoms with Gasteiger partial charge in [-0.3, -0.25) is 0 Å². The largest absolute Gasteiger partial charge is 0.449 e. The second-order valence-electron chi connectivity index (χ2n) is 2.29. The summed E-state index contributed by atoms with van der Waals surface area (Å²) >= 11 is 4.01. The number of oxazole rings is 1. The number of rotatable bonds is 4. The van der Waals surface area contributed by atoms with E-state index in [0.29, 0.717) is 5.88 Å². The molecule has 0 fully saturated rings. The van der Waals surface area contributed by atoms with Crippen molar-refractivity contribution >= 4 is 12.6 Å². The van der Waals surface area contributed by atoms with Gasteiger partial charge in [0, 0.05) is 18.8 Å². The van der Waals surface area contributed by atoms with Crippen molar-refractivity contribution in [2.45, 2.75) is 13.3 Å². The summed E-state index contributed by atoms with van der Waals surface area (Å²) in [6.07, 6.45) is 2.49. The van der Waals surface area contributed by atoms with Crippen LogP contribution in [0.2, 0.25) is 0 Å². The zero-order chi connectivity index (χ0) is 8.10. The minimum Gasteiger partial charge on any atom is -0.449 e. The first kappa shape index (κ1) is 8.62. The number of aryl methyl sites for hydroxylation is 1. The first-order valence-corrected chi connectivity index (χ1v) is 4.19. The average Bonchev–Trinajstić information content (AvgIpc) is 2.37. The van der Waals surface area contributed by atoms with Crippen LogP contribution < -0.4 is 5.32 Å². The molecule has 62 valence electrons. The maximum atomic E-state index is 5.13. The molecule has 0 saturated carbocycles. The van der Waals surface area contributed by atoms with Gasteiger partial charge in [-0.15, -0.1) is 0 Å². The zero-order valence-corrected chi connectivity index (χ0v) is 7.40. The van der Waals surface area contributed by atoms with Crippen LogP contribution in [-0.2, 0) is 6.42 Å². The Morgan fingerprint density at radius 3 is 3.09 bits per heavy atom. The van der Waals surface area contributed by atoms with E-state index in [4.69, 9.17) is 4.42 Å². The molecule has 4 heteroatoms. The lowest BCUT2D eigenvalue weighted by molar-refractivity contribution is 0.489. The summed E-state index contributed by atoms with van der Waals surface area (Å²) < 4.78 is 5.13. The van der Waals surface area contributed by atoms with Crippen LogP contribution in [0.4, 0.5) is 0 Å². The van der Waals surface area contributed by atoms with Gasteiger partial charge in [0.25, 0.3) is 0 Å². The third kappa shape index (κ3) is 2.95. The van der Waals surface area contributed by atoms with E-state index in [9.17, 15) is 0 Å². The van der Waals surface area contributed by atoms with Crippen LogP contribution in [0.1, 0.15) is 11.6 Å². The van der Waals surface area contributed by atoms with Crippen LogP contribution in [0.3, 0.4) is 0 Å². The molecule has 11 heavy (non-hydrogen) atoms. The number of thiol groups is 1. The van der Waals surface area contributed by atoms with Crippen molar-refractivity contribution in [3.63, 3.8) is 0 Å². The molecular formula is C7H12N2OS. The summed E-state index contributed by atoms with van der Waals surface area (Å²) in [5.41, 5.74) is 0.936. The third-order valence-corrected chi connectivity index (χ3v) is 1.52. The molecule has 1 aromatic rings. The highest BCUT2D eigenvalue weighted by Crippen LogP contribution is 1.99. The molecule has 0 unspecified atom stereocenters. The minimum absolute atomic E-state index is 0.694. The predicted octanol–water partition coefficient (Wildman–Crippen LogP) is 1.00. The fourth-order valence-electron chi connectivity index (χ4n) is 0.792. The SMILES string of the molecule is Cc1coc(CCNCS)n1. The molecule has 0 aromatic carbocycles. The second-order valence-corrected chi connectivity index (χ2v) is 2.61. The Kier molecular flexibility index (Phi) is 3.45. The molecule has 0 aliphatic heterocycles. The van der Waals surface area contributed by atoms with E-state index in [-0.39, 0.29) is 0 Å². The molecule has 0 amide bonds. The lowest BCUT2D eigenvalue weighted by atomic mass is 10.4. The van der Waals surface area contributed by atoms with E-state index < -0.39 is 0 Å². The van der Waals surface area contributed by atoms with Crippen LogP contribution in [-0.4, -0.2) is 17.4 Å². The van der Waals surface area contributed by atoms with E-state index in [1.807, 2.05) is 6.92 Å². The Morgan fingerprint density at radius 1 is 1.73 bits per heavy atom. The molecule has 0 spiro atoms. The van der Waals surface area contributed by atoms with E-state index >= 15 is 0 Å². The van der Waals surface area contributed by atoms with Crippen LogP contribution >= 0.6 is 12.6 Å². The Bertz CT molecular complexity index is 212. The van der Waals surface area contributed by atoms with Crippen LogP contribution in [0, 0.1) is 6.92 Å². The smallest absolute Gasteiger partial charge is 0.195 e. The first-order valence-electron chi connectivity index (χ1n) is 3.55. The Labute approximate surface area is 71.6 Å². The van der Waals surface area contributed by atoms with Gasteiger partial charge in [0.2, 0.25) is 0 Å². The molecule has 0 bridgehead atoms. The van der Waals surface area contributed by atoms with Crippen LogP contribution in [0.15, 0.2) is 10.7 Å². The van der Waals surface area contributed by atoms with Gasteiger partial charge >= 0.3 is 0 Å². The van der Waals surface area contributed by atoms with Crippen molar-refractivity contribution in [2.75, 3.05) is 12.4 Å². The van der Waals surface area contributed by atoms with Gasteiger partial charge in [0.05, 0.1) is 5.69 Å². The van der Waals surface area contributed by atoms with E-state index in [0.717, 1.165) is 24.6 Å². The van der Waals surface area contributed by atoms with Crippen molar-refractivity contribution in [1.29, 1.82) is 0 Å². The minimum atomic E-state index is 0.694. The fourth-order valence-corrected chi connectivity index (χ4v) is 0.950. The maximum absolute atomic E-state index is 5.13. The highest BCUT2D eigenvalue weighted by Gasteiger charge is 1.98. The predicted molar refractivity (Wildman–Crippen MR) is 46.8 cm³/mol. The molecule has 1 N–H and O–H groups in total. The summed E-state index contributed by atoms with van der Waals surface area (Å²) in [6, 6.07) is 0. The van der Waals surface area contributed by atoms with Crippen molar-refractivity contribution in [1.82, 2.24) is 10.3 Å². The van der Waals surface area contributed by atoms with Crippen LogP contribution in [0.5, 0.6) is 0 Å². The number of aromatic nitrogens is 1. The van der Waals surface area contributed by atoms with Crippen molar-refractivity contribution in [3.8, 4) is 0 Å². The standard InChI is InChI=1S/C7H12N2OS/c1-6-4-10-7(9-6)2-3-8-5-11/h4,8,11H,2-3,5H2,1H3. The fraction of sp³-hybridized carbons (Fsp3) is 0.571. The second kappa shape index (κ2) is 4.41. The van der Waals surface area contributed by atoms with Gasteiger partial charge in [0.1, 0.15) is 6.26 Å². The number of nitrogens with zero attached hydrogens (tertiary/aromatic N) is 1. The Morgan fingerprint density at radius 2 is 2.55 bits per heavy atom. The number of hydrogen-bond donors (Lipinski definition) is 2. The lowest BCUT2D eigenvalue weighted by Crippen LogP contribution is -2.14.